The minimum atomic E-state index is -0.572. The highest BCUT2D eigenvalue weighted by Gasteiger charge is 2.23. The van der Waals surface area contributed by atoms with E-state index in [0.29, 0.717) is 23.4 Å². The SMILES string of the molecule is CC(C)(C)OC(=O)c1ccc(C2=COC(Cc3ccccc3)O2)cc1N. The Hall–Kier alpha value is -2.95. The molecule has 5 nitrogen and oxygen atoms in total. The molecule has 0 saturated heterocycles. The second kappa shape index (κ2) is 7.12. The van der Waals surface area contributed by atoms with E-state index in [1.54, 1.807) is 24.5 Å². The van der Waals surface area contributed by atoms with Crippen molar-refractivity contribution in [3.8, 4) is 0 Å². The molecule has 1 atom stereocenters. The van der Waals surface area contributed by atoms with Gasteiger partial charge in [-0.25, -0.2) is 4.79 Å². The van der Waals surface area contributed by atoms with Gasteiger partial charge in [0.1, 0.15) is 11.9 Å². The maximum absolute atomic E-state index is 12.2. The molecular weight excluding hydrogens is 330 g/mol. The van der Waals surface area contributed by atoms with Crippen LogP contribution in [-0.2, 0) is 20.6 Å². The predicted octanol–water partition coefficient (Wildman–Crippen LogP) is 4.14. The Labute approximate surface area is 153 Å². The van der Waals surface area contributed by atoms with Crippen molar-refractivity contribution in [3.63, 3.8) is 0 Å². The molecule has 2 N–H and O–H groups in total. The molecule has 1 aliphatic rings. The van der Waals surface area contributed by atoms with Crippen molar-refractivity contribution in [1.82, 2.24) is 0 Å². The van der Waals surface area contributed by atoms with Crippen LogP contribution < -0.4 is 5.73 Å². The number of esters is 1. The van der Waals surface area contributed by atoms with Gasteiger partial charge in [-0.1, -0.05) is 36.4 Å². The van der Waals surface area contributed by atoms with Gasteiger partial charge in [-0.3, -0.25) is 0 Å². The number of rotatable bonds is 4. The van der Waals surface area contributed by atoms with E-state index in [-0.39, 0.29) is 6.29 Å². The molecule has 0 fully saturated rings. The second-order valence-corrected chi connectivity index (χ2v) is 7.16. The minimum absolute atomic E-state index is 0.337. The number of hydrogen-bond acceptors (Lipinski definition) is 5. The summed E-state index contributed by atoms with van der Waals surface area (Å²) in [6.07, 6.45) is 1.85. The quantitative estimate of drug-likeness (QED) is 0.661. The van der Waals surface area contributed by atoms with Crippen LogP contribution in [0, 0.1) is 0 Å². The van der Waals surface area contributed by atoms with E-state index in [1.807, 2.05) is 51.1 Å². The van der Waals surface area contributed by atoms with E-state index in [1.165, 1.54) is 0 Å². The lowest BCUT2D eigenvalue weighted by Gasteiger charge is -2.20. The lowest BCUT2D eigenvalue weighted by Crippen LogP contribution is -2.24. The maximum Gasteiger partial charge on any atom is 0.340 e. The monoisotopic (exact) mass is 353 g/mol. The Morgan fingerprint density at radius 2 is 1.88 bits per heavy atom. The van der Waals surface area contributed by atoms with Crippen molar-refractivity contribution in [2.24, 2.45) is 0 Å². The molecule has 0 saturated carbocycles. The molecule has 0 aliphatic carbocycles. The molecule has 5 heteroatoms. The summed E-state index contributed by atoms with van der Waals surface area (Å²) < 4.78 is 16.8. The summed E-state index contributed by atoms with van der Waals surface area (Å²) >= 11 is 0. The Bertz CT molecular complexity index is 822. The van der Waals surface area contributed by atoms with Crippen LogP contribution in [0.15, 0.2) is 54.8 Å². The molecule has 0 spiro atoms. The summed E-state index contributed by atoms with van der Waals surface area (Å²) in [5, 5.41) is 0. The summed E-state index contributed by atoms with van der Waals surface area (Å²) in [7, 11) is 0. The van der Waals surface area contributed by atoms with Gasteiger partial charge in [0.15, 0.2) is 5.76 Å². The third-order valence-corrected chi connectivity index (χ3v) is 3.79. The highest BCUT2D eigenvalue weighted by Crippen LogP contribution is 2.29. The summed E-state index contributed by atoms with van der Waals surface area (Å²) in [5.74, 6) is 0.148. The van der Waals surface area contributed by atoms with Crippen LogP contribution in [0.3, 0.4) is 0 Å². The van der Waals surface area contributed by atoms with E-state index in [9.17, 15) is 4.79 Å². The smallest absolute Gasteiger partial charge is 0.340 e. The van der Waals surface area contributed by atoms with Crippen molar-refractivity contribution in [2.75, 3.05) is 5.73 Å². The van der Waals surface area contributed by atoms with Gasteiger partial charge in [-0.2, -0.15) is 0 Å². The number of nitrogens with two attached hydrogens (primary N) is 1. The van der Waals surface area contributed by atoms with Crippen LogP contribution in [0.25, 0.3) is 5.76 Å². The van der Waals surface area contributed by atoms with Gasteiger partial charge in [0.2, 0.25) is 6.29 Å². The average Bonchev–Trinajstić information content (AvgIpc) is 3.02. The van der Waals surface area contributed by atoms with Gasteiger partial charge >= 0.3 is 5.97 Å². The van der Waals surface area contributed by atoms with Crippen molar-refractivity contribution in [2.45, 2.75) is 39.1 Å². The molecule has 1 heterocycles. The van der Waals surface area contributed by atoms with E-state index < -0.39 is 11.6 Å². The molecule has 3 rings (SSSR count). The van der Waals surface area contributed by atoms with Crippen LogP contribution in [0.4, 0.5) is 5.69 Å². The van der Waals surface area contributed by atoms with E-state index in [0.717, 1.165) is 11.1 Å². The summed E-state index contributed by atoms with van der Waals surface area (Å²) in [4.78, 5) is 12.2. The van der Waals surface area contributed by atoms with Gasteiger partial charge < -0.3 is 19.9 Å². The van der Waals surface area contributed by atoms with Gasteiger partial charge in [0, 0.05) is 17.7 Å². The Balaban J connectivity index is 1.67. The molecule has 136 valence electrons. The van der Waals surface area contributed by atoms with Gasteiger partial charge in [0.25, 0.3) is 0 Å². The van der Waals surface area contributed by atoms with Crippen LogP contribution in [0.2, 0.25) is 0 Å². The summed E-state index contributed by atoms with van der Waals surface area (Å²) in [6.45, 7) is 5.45. The third-order valence-electron chi connectivity index (χ3n) is 3.79. The highest BCUT2D eigenvalue weighted by atomic mass is 16.7. The molecular formula is C21H23NO4. The Kier molecular flexibility index (Phi) is 4.89. The van der Waals surface area contributed by atoms with Crippen molar-refractivity contribution in [1.29, 1.82) is 0 Å². The van der Waals surface area contributed by atoms with E-state index in [4.69, 9.17) is 19.9 Å². The molecule has 1 unspecified atom stereocenters. The Morgan fingerprint density at radius 1 is 1.15 bits per heavy atom. The first-order chi connectivity index (χ1) is 12.3. The topological polar surface area (TPSA) is 70.8 Å². The zero-order chi connectivity index (χ0) is 18.7. The zero-order valence-electron chi connectivity index (χ0n) is 15.2. The van der Waals surface area contributed by atoms with Crippen molar-refractivity contribution >= 4 is 17.4 Å². The van der Waals surface area contributed by atoms with Crippen LogP contribution >= 0.6 is 0 Å². The molecule has 26 heavy (non-hydrogen) atoms. The maximum atomic E-state index is 12.2. The standard InChI is InChI=1S/C21H23NO4/c1-21(2,3)26-20(23)16-10-9-15(12-17(16)22)18-13-24-19(25-18)11-14-7-5-4-6-8-14/h4-10,12-13,19H,11,22H2,1-3H3. The fourth-order valence-electron chi connectivity index (χ4n) is 2.60. The fourth-order valence-corrected chi connectivity index (χ4v) is 2.60. The lowest BCUT2D eigenvalue weighted by atomic mass is 10.1. The summed E-state index contributed by atoms with van der Waals surface area (Å²) in [5.41, 5.74) is 8.03. The normalized spacial score (nSPS) is 16.4. The second-order valence-electron chi connectivity index (χ2n) is 7.16. The summed E-state index contributed by atoms with van der Waals surface area (Å²) in [6, 6.07) is 15.1. The zero-order valence-corrected chi connectivity index (χ0v) is 15.2. The van der Waals surface area contributed by atoms with Crippen LogP contribution in [0.1, 0.15) is 42.3 Å². The van der Waals surface area contributed by atoms with Crippen molar-refractivity contribution in [3.05, 3.63) is 71.5 Å². The first-order valence-corrected chi connectivity index (χ1v) is 8.51. The molecule has 2 aromatic carbocycles. The molecule has 0 aromatic heterocycles. The third kappa shape index (κ3) is 4.36. The number of hydrogen-bond donors (Lipinski definition) is 1. The Morgan fingerprint density at radius 3 is 2.54 bits per heavy atom. The lowest BCUT2D eigenvalue weighted by molar-refractivity contribution is -0.0136. The number of anilines is 1. The number of ether oxygens (including phenoxy) is 3. The molecule has 1 aliphatic heterocycles. The molecule has 0 amide bonds. The number of carbonyl (C=O) groups is 1. The largest absolute Gasteiger partial charge is 0.458 e. The van der Waals surface area contributed by atoms with Crippen LogP contribution in [0.5, 0.6) is 0 Å². The van der Waals surface area contributed by atoms with E-state index in [2.05, 4.69) is 0 Å². The van der Waals surface area contributed by atoms with E-state index >= 15 is 0 Å². The predicted molar refractivity (Wildman–Crippen MR) is 100 cm³/mol. The van der Waals surface area contributed by atoms with Crippen LogP contribution in [-0.4, -0.2) is 17.9 Å². The van der Waals surface area contributed by atoms with Gasteiger partial charge in [-0.05, 0) is 38.5 Å². The number of nitrogen functional groups attached to an aromatic ring is 1. The number of benzene rings is 2. The average molecular weight is 353 g/mol. The minimum Gasteiger partial charge on any atom is -0.458 e. The highest BCUT2D eigenvalue weighted by molar-refractivity contribution is 5.96. The first-order valence-electron chi connectivity index (χ1n) is 8.51. The van der Waals surface area contributed by atoms with Gasteiger partial charge in [0.05, 0.1) is 5.56 Å². The number of carbonyl (C=O) groups excluding carboxylic acids is 1. The van der Waals surface area contributed by atoms with Gasteiger partial charge in [-0.15, -0.1) is 0 Å². The fraction of sp³-hybridized carbons (Fsp3) is 0.286. The molecule has 0 bridgehead atoms. The molecule has 0 radical (unpaired) electrons. The molecule has 2 aromatic rings. The van der Waals surface area contributed by atoms with Crippen molar-refractivity contribution < 1.29 is 19.0 Å². The first kappa shape index (κ1) is 17.9.